The summed E-state index contributed by atoms with van der Waals surface area (Å²) in [5, 5.41) is 4.62. The second kappa shape index (κ2) is 5.20. The Morgan fingerprint density at radius 3 is 2.83 bits per heavy atom. The molecule has 4 nitrogen and oxygen atoms in total. The third kappa shape index (κ3) is 2.47. The van der Waals surface area contributed by atoms with E-state index in [-0.39, 0.29) is 12.2 Å². The third-order valence-electron chi connectivity index (χ3n) is 2.61. The number of halogens is 2. The predicted octanol–water partition coefficient (Wildman–Crippen LogP) is 2.96. The number of hydrogen-bond acceptors (Lipinski definition) is 3. The van der Waals surface area contributed by atoms with Crippen LogP contribution < -0.4 is 0 Å². The van der Waals surface area contributed by atoms with Gasteiger partial charge in [-0.25, -0.2) is 0 Å². The number of hydrogen-bond donors (Lipinski definition) is 0. The summed E-state index contributed by atoms with van der Waals surface area (Å²) in [6, 6.07) is 3.36. The van der Waals surface area contributed by atoms with Crippen molar-refractivity contribution in [3.8, 4) is 0 Å². The molecule has 18 heavy (non-hydrogen) atoms. The number of aryl methyl sites for hydroxylation is 2. The van der Waals surface area contributed by atoms with Crippen molar-refractivity contribution in [2.75, 3.05) is 0 Å². The van der Waals surface area contributed by atoms with E-state index in [0.29, 0.717) is 10.7 Å². The molecule has 0 atom stereocenters. The minimum absolute atomic E-state index is 0.121. The first-order valence-electron chi connectivity index (χ1n) is 5.32. The van der Waals surface area contributed by atoms with Crippen LogP contribution in [0.25, 0.3) is 0 Å². The van der Waals surface area contributed by atoms with E-state index in [1.807, 2.05) is 6.92 Å². The Hall–Kier alpha value is -1.20. The zero-order valence-corrected chi connectivity index (χ0v) is 12.3. The Bertz CT molecular complexity index is 609. The molecule has 2 aromatic heterocycles. The van der Waals surface area contributed by atoms with Crippen LogP contribution in [0.4, 0.5) is 0 Å². The zero-order chi connectivity index (χ0) is 13.3. The Morgan fingerprint density at radius 1 is 1.56 bits per heavy atom. The molecule has 0 unspecified atom stereocenters. The lowest BCUT2D eigenvalue weighted by Crippen LogP contribution is -2.10. The first kappa shape index (κ1) is 13.2. The van der Waals surface area contributed by atoms with Crippen molar-refractivity contribution in [2.24, 2.45) is 7.05 Å². The molecule has 0 aliphatic heterocycles. The molecule has 94 valence electrons. The molecule has 0 spiro atoms. The predicted molar refractivity (Wildman–Crippen MR) is 72.9 cm³/mol. The number of nitrogens with zero attached hydrogens (tertiary/aromatic N) is 3. The molecule has 2 heterocycles. The van der Waals surface area contributed by atoms with E-state index < -0.39 is 0 Å². The fraction of sp³-hybridized carbons (Fsp3) is 0.250. The molecule has 0 aliphatic carbocycles. The average Bonchev–Trinajstić information content (AvgIpc) is 2.56. The number of carbonyl (C=O) groups is 1. The number of aromatic nitrogens is 3. The van der Waals surface area contributed by atoms with E-state index in [2.05, 4.69) is 26.0 Å². The van der Waals surface area contributed by atoms with Gasteiger partial charge < -0.3 is 0 Å². The summed E-state index contributed by atoms with van der Waals surface area (Å²) in [7, 11) is 1.81. The molecular formula is C12H11BrClN3O. The van der Waals surface area contributed by atoms with Gasteiger partial charge in [-0.05, 0) is 35.0 Å². The second-order valence-corrected chi connectivity index (χ2v) is 5.10. The van der Waals surface area contributed by atoms with Gasteiger partial charge in [0, 0.05) is 13.2 Å². The molecule has 0 N–H and O–H groups in total. The molecule has 0 radical (unpaired) electrons. The fourth-order valence-electron chi connectivity index (χ4n) is 1.70. The molecular weight excluding hydrogens is 318 g/mol. The quantitative estimate of drug-likeness (QED) is 0.814. The van der Waals surface area contributed by atoms with Crippen LogP contribution in [0.3, 0.4) is 0 Å². The highest BCUT2D eigenvalue weighted by Crippen LogP contribution is 2.22. The van der Waals surface area contributed by atoms with E-state index in [9.17, 15) is 4.79 Å². The van der Waals surface area contributed by atoms with Gasteiger partial charge >= 0.3 is 0 Å². The Labute approximate surface area is 118 Å². The highest BCUT2D eigenvalue weighted by molar-refractivity contribution is 9.10. The molecule has 0 bridgehead atoms. The molecule has 0 fully saturated rings. The van der Waals surface area contributed by atoms with Crippen LogP contribution >= 0.6 is 27.5 Å². The van der Waals surface area contributed by atoms with Gasteiger partial charge in [-0.3, -0.25) is 14.5 Å². The lowest BCUT2D eigenvalue weighted by molar-refractivity contribution is 0.0986. The SMILES string of the molecule is Cc1nn(C)c(CC(=O)c2ncccc2Cl)c1Br. The maximum atomic E-state index is 12.1. The number of carbonyl (C=O) groups excluding carboxylic acids is 1. The molecule has 2 aromatic rings. The first-order chi connectivity index (χ1) is 8.50. The first-order valence-corrected chi connectivity index (χ1v) is 6.49. The van der Waals surface area contributed by atoms with Gasteiger partial charge in [0.25, 0.3) is 0 Å². The average molecular weight is 329 g/mol. The Morgan fingerprint density at radius 2 is 2.28 bits per heavy atom. The number of Topliss-reactive ketones (excluding diaryl/α,β-unsaturated/α-hetero) is 1. The third-order valence-corrected chi connectivity index (χ3v) is 3.95. The minimum Gasteiger partial charge on any atom is -0.292 e. The Balaban J connectivity index is 2.30. The maximum absolute atomic E-state index is 12.1. The zero-order valence-electron chi connectivity index (χ0n) is 9.94. The van der Waals surface area contributed by atoms with Gasteiger partial charge in [0.2, 0.25) is 0 Å². The summed E-state index contributed by atoms with van der Waals surface area (Å²) in [5.74, 6) is -0.121. The van der Waals surface area contributed by atoms with Crippen molar-refractivity contribution in [1.29, 1.82) is 0 Å². The minimum atomic E-state index is -0.121. The number of pyridine rings is 1. The van der Waals surface area contributed by atoms with Crippen molar-refractivity contribution >= 4 is 33.3 Å². The monoisotopic (exact) mass is 327 g/mol. The van der Waals surface area contributed by atoms with E-state index in [1.54, 1.807) is 30.1 Å². The summed E-state index contributed by atoms with van der Waals surface area (Å²) in [4.78, 5) is 16.2. The summed E-state index contributed by atoms with van der Waals surface area (Å²) < 4.78 is 2.54. The fourth-order valence-corrected chi connectivity index (χ4v) is 2.40. The van der Waals surface area contributed by atoms with Gasteiger partial charge in [-0.1, -0.05) is 11.6 Å². The molecule has 0 aromatic carbocycles. The van der Waals surface area contributed by atoms with Gasteiger partial charge in [0.1, 0.15) is 5.69 Å². The highest BCUT2D eigenvalue weighted by Gasteiger charge is 2.18. The topological polar surface area (TPSA) is 47.8 Å². The van der Waals surface area contributed by atoms with Crippen LogP contribution in [0, 0.1) is 6.92 Å². The van der Waals surface area contributed by atoms with E-state index >= 15 is 0 Å². The lowest BCUT2D eigenvalue weighted by Gasteiger charge is -2.03. The summed E-state index contributed by atoms with van der Waals surface area (Å²) in [5.41, 5.74) is 1.97. The van der Waals surface area contributed by atoms with Crippen molar-refractivity contribution in [3.63, 3.8) is 0 Å². The van der Waals surface area contributed by atoms with Gasteiger partial charge in [0.15, 0.2) is 5.78 Å². The molecule has 0 saturated heterocycles. The van der Waals surface area contributed by atoms with Crippen molar-refractivity contribution in [3.05, 3.63) is 44.9 Å². The summed E-state index contributed by atoms with van der Waals surface area (Å²) in [6.45, 7) is 1.88. The van der Waals surface area contributed by atoms with Crippen LogP contribution in [0.15, 0.2) is 22.8 Å². The normalized spacial score (nSPS) is 10.7. The largest absolute Gasteiger partial charge is 0.292 e. The van der Waals surface area contributed by atoms with E-state index in [0.717, 1.165) is 15.9 Å². The Kier molecular flexibility index (Phi) is 3.82. The highest BCUT2D eigenvalue weighted by atomic mass is 79.9. The van der Waals surface area contributed by atoms with Gasteiger partial charge in [0.05, 0.1) is 27.3 Å². The van der Waals surface area contributed by atoms with Crippen LogP contribution in [0.2, 0.25) is 5.02 Å². The van der Waals surface area contributed by atoms with E-state index in [1.165, 1.54) is 0 Å². The smallest absolute Gasteiger partial charge is 0.188 e. The summed E-state index contributed by atoms with van der Waals surface area (Å²) in [6.07, 6.45) is 1.78. The molecule has 0 saturated carbocycles. The number of rotatable bonds is 3. The second-order valence-electron chi connectivity index (χ2n) is 3.90. The van der Waals surface area contributed by atoms with Crippen molar-refractivity contribution < 1.29 is 4.79 Å². The molecule has 0 aliphatic rings. The van der Waals surface area contributed by atoms with Crippen molar-refractivity contribution in [2.45, 2.75) is 13.3 Å². The molecule has 0 amide bonds. The van der Waals surface area contributed by atoms with E-state index in [4.69, 9.17) is 11.6 Å². The van der Waals surface area contributed by atoms with Crippen LogP contribution in [-0.4, -0.2) is 20.5 Å². The summed E-state index contributed by atoms with van der Waals surface area (Å²) >= 11 is 9.38. The van der Waals surface area contributed by atoms with Gasteiger partial charge in [-0.15, -0.1) is 0 Å². The lowest BCUT2D eigenvalue weighted by atomic mass is 10.1. The maximum Gasteiger partial charge on any atom is 0.188 e. The van der Waals surface area contributed by atoms with Crippen LogP contribution in [-0.2, 0) is 13.5 Å². The standard InChI is InChI=1S/C12H11BrClN3O/c1-7-11(13)9(17(2)16-7)6-10(18)12-8(14)4-3-5-15-12/h3-5H,6H2,1-2H3. The van der Waals surface area contributed by atoms with Crippen LogP contribution in [0.5, 0.6) is 0 Å². The molecule has 6 heteroatoms. The van der Waals surface area contributed by atoms with Crippen molar-refractivity contribution in [1.82, 2.24) is 14.8 Å². The van der Waals surface area contributed by atoms with Crippen LogP contribution in [0.1, 0.15) is 21.9 Å². The molecule has 2 rings (SSSR count). The number of ketones is 1. The van der Waals surface area contributed by atoms with Gasteiger partial charge in [-0.2, -0.15) is 5.10 Å².